The molecular weight excluding hydrogens is 280 g/mol. The maximum absolute atomic E-state index is 12.1. The Balaban J connectivity index is 2.71. The molecule has 106 valence electrons. The van der Waals surface area contributed by atoms with E-state index in [1.165, 1.54) is 22.7 Å². The molecule has 1 N–H and O–H groups in total. The monoisotopic (exact) mass is 300 g/mol. The van der Waals surface area contributed by atoms with Gasteiger partial charge < -0.3 is 5.32 Å². The van der Waals surface area contributed by atoms with Crippen molar-refractivity contribution in [2.24, 2.45) is 0 Å². The van der Waals surface area contributed by atoms with Crippen LogP contribution in [0.15, 0.2) is 16.3 Å². The Morgan fingerprint density at radius 1 is 1.47 bits per heavy atom. The van der Waals surface area contributed by atoms with Gasteiger partial charge in [0.1, 0.15) is 4.21 Å². The van der Waals surface area contributed by atoms with E-state index >= 15 is 0 Å². The van der Waals surface area contributed by atoms with Crippen LogP contribution in [0, 0.1) is 12.3 Å². The average Bonchev–Trinajstić information content (AvgIpc) is 2.78. The highest BCUT2D eigenvalue weighted by Gasteiger charge is 2.21. The van der Waals surface area contributed by atoms with E-state index in [-0.39, 0.29) is 6.54 Å². The zero-order valence-corrected chi connectivity index (χ0v) is 13.1. The van der Waals surface area contributed by atoms with Gasteiger partial charge >= 0.3 is 0 Å². The maximum atomic E-state index is 12.1. The van der Waals surface area contributed by atoms with Crippen LogP contribution in [0.5, 0.6) is 0 Å². The number of terminal acetylenes is 1. The van der Waals surface area contributed by atoms with E-state index in [0.717, 1.165) is 17.8 Å². The van der Waals surface area contributed by atoms with Gasteiger partial charge in [0, 0.05) is 24.5 Å². The summed E-state index contributed by atoms with van der Waals surface area (Å²) in [5.41, 5.74) is 0. The second-order valence-corrected chi connectivity index (χ2v) is 7.98. The van der Waals surface area contributed by atoms with Gasteiger partial charge in [-0.3, -0.25) is 0 Å². The summed E-state index contributed by atoms with van der Waals surface area (Å²) in [5, 5.41) is 3.31. The average molecular weight is 300 g/mol. The summed E-state index contributed by atoms with van der Waals surface area (Å²) < 4.78 is 25.8. The van der Waals surface area contributed by atoms with Gasteiger partial charge in [-0.05, 0) is 18.6 Å². The van der Waals surface area contributed by atoms with Gasteiger partial charge in [-0.25, -0.2) is 8.42 Å². The van der Waals surface area contributed by atoms with Crippen LogP contribution in [0.25, 0.3) is 0 Å². The van der Waals surface area contributed by atoms with Crippen LogP contribution < -0.4 is 5.32 Å². The molecule has 0 aliphatic heterocycles. The molecule has 0 amide bonds. The molecule has 0 bridgehead atoms. The predicted octanol–water partition coefficient (Wildman–Crippen LogP) is 1.54. The normalized spacial score (nSPS) is 12.0. The van der Waals surface area contributed by atoms with Crippen LogP contribution in [0.3, 0.4) is 0 Å². The minimum absolute atomic E-state index is 0.0878. The fourth-order valence-electron chi connectivity index (χ4n) is 1.48. The van der Waals surface area contributed by atoms with Gasteiger partial charge in [-0.1, -0.05) is 19.8 Å². The molecule has 0 saturated heterocycles. The quantitative estimate of drug-likeness (QED) is 0.777. The van der Waals surface area contributed by atoms with E-state index in [1.54, 1.807) is 6.07 Å². The third kappa shape index (κ3) is 4.62. The van der Waals surface area contributed by atoms with Crippen molar-refractivity contribution in [3.05, 3.63) is 17.0 Å². The first kappa shape index (κ1) is 16.2. The molecule has 6 heteroatoms. The van der Waals surface area contributed by atoms with Gasteiger partial charge in [0.05, 0.1) is 6.54 Å². The molecule has 0 aromatic carbocycles. The number of nitrogens with zero attached hydrogens (tertiary/aromatic N) is 1. The van der Waals surface area contributed by atoms with Crippen molar-refractivity contribution in [2.75, 3.05) is 20.1 Å². The largest absolute Gasteiger partial charge is 0.314 e. The van der Waals surface area contributed by atoms with Crippen molar-refractivity contribution in [2.45, 2.75) is 30.5 Å². The lowest BCUT2D eigenvalue weighted by atomic mass is 10.3. The lowest BCUT2D eigenvalue weighted by Gasteiger charge is -2.12. The molecule has 0 atom stereocenters. The summed E-state index contributed by atoms with van der Waals surface area (Å²) in [6, 6.07) is 3.95. The zero-order valence-electron chi connectivity index (χ0n) is 11.5. The van der Waals surface area contributed by atoms with Gasteiger partial charge in [0.2, 0.25) is 0 Å². The van der Waals surface area contributed by atoms with Crippen LogP contribution in [0.2, 0.25) is 0 Å². The van der Waals surface area contributed by atoms with Gasteiger partial charge in [0.15, 0.2) is 0 Å². The molecule has 0 saturated carbocycles. The third-order valence-electron chi connectivity index (χ3n) is 2.54. The minimum Gasteiger partial charge on any atom is -0.314 e. The summed E-state index contributed by atoms with van der Waals surface area (Å²) in [6.45, 7) is 5.10. The number of hydrogen-bond acceptors (Lipinski definition) is 4. The van der Waals surface area contributed by atoms with E-state index in [0.29, 0.717) is 10.3 Å². The highest BCUT2D eigenvalue weighted by Crippen LogP contribution is 2.24. The van der Waals surface area contributed by atoms with Crippen molar-refractivity contribution in [3.8, 4) is 12.3 Å². The SMILES string of the molecule is C#CCN(C)S(=O)(=O)c1ccc(CCNC(C)C)s1. The predicted molar refractivity (Wildman–Crippen MR) is 79.8 cm³/mol. The Hall–Kier alpha value is -0.870. The molecule has 0 fully saturated rings. The molecule has 1 heterocycles. The Morgan fingerprint density at radius 3 is 2.74 bits per heavy atom. The molecule has 1 aromatic heterocycles. The molecule has 19 heavy (non-hydrogen) atoms. The molecule has 1 rings (SSSR count). The Kier molecular flexibility index (Phi) is 6.01. The molecule has 0 aliphatic carbocycles. The summed E-state index contributed by atoms with van der Waals surface area (Å²) in [6.07, 6.45) is 5.97. The smallest absolute Gasteiger partial charge is 0.253 e. The number of rotatable bonds is 7. The second kappa shape index (κ2) is 7.06. The minimum atomic E-state index is -3.43. The number of nitrogens with one attached hydrogen (secondary N) is 1. The fraction of sp³-hybridized carbons (Fsp3) is 0.538. The van der Waals surface area contributed by atoms with Gasteiger partial charge in [-0.2, -0.15) is 4.31 Å². The van der Waals surface area contributed by atoms with E-state index in [2.05, 4.69) is 25.1 Å². The summed E-state index contributed by atoms with van der Waals surface area (Å²) in [4.78, 5) is 1.06. The number of hydrogen-bond donors (Lipinski definition) is 1. The standard InChI is InChI=1S/C13H20N2O2S2/c1-5-10-15(4)19(16,17)13-7-6-12(18-13)8-9-14-11(2)3/h1,6-7,11,14H,8-10H2,2-4H3. The Morgan fingerprint density at radius 2 is 2.16 bits per heavy atom. The number of sulfonamides is 1. The van der Waals surface area contributed by atoms with Crippen LogP contribution in [-0.2, 0) is 16.4 Å². The van der Waals surface area contributed by atoms with E-state index in [1.807, 2.05) is 6.07 Å². The lowest BCUT2D eigenvalue weighted by molar-refractivity contribution is 0.505. The van der Waals surface area contributed by atoms with Crippen molar-refractivity contribution in [3.63, 3.8) is 0 Å². The first-order valence-electron chi connectivity index (χ1n) is 6.10. The highest BCUT2D eigenvalue weighted by atomic mass is 32.2. The van der Waals surface area contributed by atoms with E-state index in [4.69, 9.17) is 6.42 Å². The summed E-state index contributed by atoms with van der Waals surface area (Å²) in [5.74, 6) is 2.34. The second-order valence-electron chi connectivity index (χ2n) is 4.54. The molecular formula is C13H20N2O2S2. The zero-order chi connectivity index (χ0) is 14.5. The van der Waals surface area contributed by atoms with Crippen molar-refractivity contribution < 1.29 is 8.42 Å². The Bertz CT molecular complexity index is 541. The van der Waals surface area contributed by atoms with E-state index < -0.39 is 10.0 Å². The number of thiophene rings is 1. The topological polar surface area (TPSA) is 49.4 Å². The van der Waals surface area contributed by atoms with Crippen molar-refractivity contribution >= 4 is 21.4 Å². The molecule has 0 spiro atoms. The van der Waals surface area contributed by atoms with Crippen molar-refractivity contribution in [1.82, 2.24) is 9.62 Å². The summed E-state index contributed by atoms with van der Waals surface area (Å²) >= 11 is 1.31. The molecule has 4 nitrogen and oxygen atoms in total. The van der Waals surface area contributed by atoms with Gasteiger partial charge in [-0.15, -0.1) is 17.8 Å². The first-order valence-corrected chi connectivity index (χ1v) is 8.35. The molecule has 0 radical (unpaired) electrons. The summed E-state index contributed by atoms with van der Waals surface area (Å²) in [7, 11) is -1.94. The Labute approximate surface area is 119 Å². The van der Waals surface area contributed by atoms with Gasteiger partial charge in [0.25, 0.3) is 10.0 Å². The van der Waals surface area contributed by atoms with E-state index in [9.17, 15) is 8.42 Å². The molecule has 1 aromatic rings. The van der Waals surface area contributed by atoms with Crippen LogP contribution >= 0.6 is 11.3 Å². The first-order chi connectivity index (χ1) is 8.87. The fourth-order valence-corrected chi connectivity index (χ4v) is 4.13. The third-order valence-corrected chi connectivity index (χ3v) is 5.96. The lowest BCUT2D eigenvalue weighted by Crippen LogP contribution is -2.26. The molecule has 0 unspecified atom stereocenters. The van der Waals surface area contributed by atoms with Crippen LogP contribution in [-0.4, -0.2) is 38.9 Å². The molecule has 0 aliphatic rings. The highest BCUT2D eigenvalue weighted by molar-refractivity contribution is 7.91. The van der Waals surface area contributed by atoms with Crippen molar-refractivity contribution in [1.29, 1.82) is 0 Å². The van der Waals surface area contributed by atoms with Crippen LogP contribution in [0.1, 0.15) is 18.7 Å². The maximum Gasteiger partial charge on any atom is 0.253 e. The van der Waals surface area contributed by atoms with Crippen LogP contribution in [0.4, 0.5) is 0 Å².